The second kappa shape index (κ2) is 7.58. The fourth-order valence-corrected chi connectivity index (χ4v) is 3.46. The molecule has 2 aromatic carbocycles. The minimum Gasteiger partial charge on any atom is -0.288 e. The topological polar surface area (TPSA) is 62.8 Å². The number of nitrogens with one attached hydrogen (secondary N) is 1. The maximum absolute atomic E-state index is 14.2. The number of ketones is 1. The van der Waals surface area contributed by atoms with Gasteiger partial charge in [-0.15, -0.1) is 0 Å². The van der Waals surface area contributed by atoms with E-state index in [0.29, 0.717) is 10.6 Å². The normalized spacial score (nSPS) is 10.8. The van der Waals surface area contributed by atoms with Crippen molar-refractivity contribution in [1.82, 2.24) is 10.2 Å². The Labute approximate surface area is 162 Å². The van der Waals surface area contributed by atoms with Gasteiger partial charge in [0.2, 0.25) is 0 Å². The monoisotopic (exact) mass is 410 g/mol. The number of hydrogen-bond donors (Lipinski definition) is 1. The minimum absolute atomic E-state index is 0.00683. The lowest BCUT2D eigenvalue weighted by Crippen LogP contribution is -2.14. The second-order valence-corrected chi connectivity index (χ2v) is 6.72. The van der Waals surface area contributed by atoms with Crippen LogP contribution in [0.3, 0.4) is 0 Å². The number of rotatable bonds is 4. The Bertz CT molecular complexity index is 1040. The predicted octanol–water partition coefficient (Wildman–Crippen LogP) is 4.69. The Balaban J connectivity index is 2.01. The van der Waals surface area contributed by atoms with Gasteiger partial charge in [0.25, 0.3) is 5.56 Å². The quantitative estimate of drug-likeness (QED) is 0.634. The van der Waals surface area contributed by atoms with Crippen molar-refractivity contribution in [3.8, 4) is 0 Å². The van der Waals surface area contributed by atoms with Crippen molar-refractivity contribution in [2.75, 3.05) is 0 Å². The lowest BCUT2D eigenvalue weighted by molar-refractivity contribution is 0.103. The highest BCUT2D eigenvalue weighted by Crippen LogP contribution is 2.31. The average Bonchev–Trinajstić information content (AvgIpc) is 2.57. The zero-order valence-electron chi connectivity index (χ0n) is 13.0. The van der Waals surface area contributed by atoms with Crippen LogP contribution < -0.4 is 5.56 Å². The highest BCUT2D eigenvalue weighted by molar-refractivity contribution is 6.43. The van der Waals surface area contributed by atoms with Gasteiger partial charge in [-0.3, -0.25) is 9.59 Å². The summed E-state index contributed by atoms with van der Waals surface area (Å²) >= 11 is 18.0. The zero-order valence-corrected chi connectivity index (χ0v) is 15.3. The molecule has 0 fully saturated rings. The molecule has 0 aliphatic heterocycles. The average molecular weight is 412 g/mol. The van der Waals surface area contributed by atoms with Crippen molar-refractivity contribution < 1.29 is 9.18 Å². The number of halogens is 4. The maximum Gasteiger partial charge on any atom is 0.267 e. The summed E-state index contributed by atoms with van der Waals surface area (Å²) in [6, 6.07) is 8.17. The molecule has 0 saturated carbocycles. The third-order valence-corrected chi connectivity index (χ3v) is 4.55. The van der Waals surface area contributed by atoms with Crippen molar-refractivity contribution in [1.29, 1.82) is 0 Å². The van der Waals surface area contributed by atoms with Crippen LogP contribution in [-0.2, 0) is 6.42 Å². The molecule has 0 aliphatic rings. The van der Waals surface area contributed by atoms with Gasteiger partial charge in [-0.1, -0.05) is 34.8 Å². The van der Waals surface area contributed by atoms with E-state index in [9.17, 15) is 14.0 Å². The van der Waals surface area contributed by atoms with E-state index < -0.39 is 17.2 Å². The van der Waals surface area contributed by atoms with E-state index in [1.165, 1.54) is 36.5 Å². The van der Waals surface area contributed by atoms with Crippen molar-refractivity contribution in [2.45, 2.75) is 6.42 Å². The summed E-state index contributed by atoms with van der Waals surface area (Å²) in [6.45, 7) is 0. The third kappa shape index (κ3) is 3.80. The summed E-state index contributed by atoms with van der Waals surface area (Å²) in [7, 11) is 0. The Morgan fingerprint density at radius 1 is 1.04 bits per heavy atom. The summed E-state index contributed by atoms with van der Waals surface area (Å²) < 4.78 is 14.2. The van der Waals surface area contributed by atoms with Gasteiger partial charge in [0.15, 0.2) is 5.78 Å². The number of H-pyrrole nitrogens is 1. The minimum atomic E-state index is -0.536. The van der Waals surface area contributed by atoms with E-state index in [1.54, 1.807) is 0 Å². The van der Waals surface area contributed by atoms with Crippen molar-refractivity contribution in [3.63, 3.8) is 0 Å². The van der Waals surface area contributed by atoms with Crippen LogP contribution >= 0.6 is 34.8 Å². The van der Waals surface area contributed by atoms with Gasteiger partial charge in [0.1, 0.15) is 5.82 Å². The first-order valence-corrected chi connectivity index (χ1v) is 8.50. The molecule has 8 heteroatoms. The molecule has 0 unspecified atom stereocenters. The first-order chi connectivity index (χ1) is 12.4. The highest BCUT2D eigenvalue weighted by Gasteiger charge is 2.19. The molecular weight excluding hydrogens is 402 g/mol. The van der Waals surface area contributed by atoms with E-state index in [0.717, 1.165) is 6.07 Å². The fraction of sp³-hybridized carbons (Fsp3) is 0.0556. The third-order valence-electron chi connectivity index (χ3n) is 3.73. The summed E-state index contributed by atoms with van der Waals surface area (Å²) in [5.41, 5.74) is 0.363. The molecule has 0 spiro atoms. The zero-order chi connectivity index (χ0) is 18.8. The number of aromatic amines is 1. The molecule has 0 atom stereocenters. The van der Waals surface area contributed by atoms with Gasteiger partial charge in [0, 0.05) is 28.8 Å². The summed E-state index contributed by atoms with van der Waals surface area (Å²) in [6.07, 6.45) is 1.41. The van der Waals surface area contributed by atoms with E-state index >= 15 is 0 Å². The number of carbonyl (C=O) groups is 1. The van der Waals surface area contributed by atoms with Crippen LogP contribution in [0.4, 0.5) is 4.39 Å². The van der Waals surface area contributed by atoms with E-state index in [-0.39, 0.29) is 33.2 Å². The standard InChI is InChI=1S/C18H10Cl3FN2O2/c19-12-7-13(20)16(14(21)8-12)17(25)9-1-2-15(22)11(5-9)6-10-3-4-23-24-18(10)26/h1-5,7-8H,6H2,(H,24,26). The van der Waals surface area contributed by atoms with E-state index in [2.05, 4.69) is 10.2 Å². The summed E-state index contributed by atoms with van der Waals surface area (Å²) in [5.74, 6) is -1.01. The first kappa shape index (κ1) is 18.6. The molecule has 0 radical (unpaired) electrons. The number of carbonyl (C=O) groups excluding carboxylic acids is 1. The fourth-order valence-electron chi connectivity index (χ4n) is 2.47. The van der Waals surface area contributed by atoms with E-state index in [4.69, 9.17) is 34.8 Å². The van der Waals surface area contributed by atoms with Crippen LogP contribution in [0, 0.1) is 5.82 Å². The lowest BCUT2D eigenvalue weighted by atomic mass is 9.98. The number of benzene rings is 2. The Morgan fingerprint density at radius 3 is 2.38 bits per heavy atom. The highest BCUT2D eigenvalue weighted by atomic mass is 35.5. The molecule has 0 aliphatic carbocycles. The van der Waals surface area contributed by atoms with Crippen molar-refractivity contribution in [3.05, 3.63) is 96.1 Å². The molecule has 3 aromatic rings. The molecule has 0 saturated heterocycles. The smallest absolute Gasteiger partial charge is 0.267 e. The molecule has 132 valence electrons. The van der Waals surface area contributed by atoms with Gasteiger partial charge in [0.05, 0.1) is 15.6 Å². The molecule has 1 heterocycles. The molecule has 0 bridgehead atoms. The molecule has 0 amide bonds. The molecule has 1 N–H and O–H groups in total. The van der Waals surface area contributed by atoms with Crippen LogP contribution in [0.5, 0.6) is 0 Å². The van der Waals surface area contributed by atoms with Crippen LogP contribution in [0.2, 0.25) is 15.1 Å². The number of nitrogens with zero attached hydrogens (tertiary/aromatic N) is 1. The SMILES string of the molecule is O=C(c1ccc(F)c(Cc2ccn[nH]c2=O)c1)c1c(Cl)cc(Cl)cc1Cl. The van der Waals surface area contributed by atoms with Crippen LogP contribution in [0.15, 0.2) is 47.4 Å². The first-order valence-electron chi connectivity index (χ1n) is 7.37. The number of hydrogen-bond acceptors (Lipinski definition) is 3. The maximum atomic E-state index is 14.2. The summed E-state index contributed by atoms with van der Waals surface area (Å²) in [5, 5.41) is 6.38. The van der Waals surface area contributed by atoms with Gasteiger partial charge in [-0.25, -0.2) is 9.49 Å². The Morgan fingerprint density at radius 2 is 1.73 bits per heavy atom. The molecule has 4 nitrogen and oxygen atoms in total. The van der Waals surface area contributed by atoms with Gasteiger partial charge < -0.3 is 0 Å². The molecule has 26 heavy (non-hydrogen) atoms. The van der Waals surface area contributed by atoms with Crippen molar-refractivity contribution in [2.24, 2.45) is 0 Å². The largest absolute Gasteiger partial charge is 0.288 e. The predicted molar refractivity (Wildman–Crippen MR) is 99.0 cm³/mol. The van der Waals surface area contributed by atoms with Crippen LogP contribution in [-0.4, -0.2) is 16.0 Å². The van der Waals surface area contributed by atoms with Crippen molar-refractivity contribution >= 4 is 40.6 Å². The molecule has 1 aromatic heterocycles. The summed E-state index contributed by atoms with van der Waals surface area (Å²) in [4.78, 5) is 24.5. The Hall–Kier alpha value is -2.21. The molecule has 3 rings (SSSR count). The number of aromatic nitrogens is 2. The van der Waals surface area contributed by atoms with Crippen LogP contribution in [0.25, 0.3) is 0 Å². The lowest BCUT2D eigenvalue weighted by Gasteiger charge is -2.09. The Kier molecular flexibility index (Phi) is 5.41. The van der Waals surface area contributed by atoms with Crippen LogP contribution in [0.1, 0.15) is 27.0 Å². The molecular formula is C18H10Cl3FN2O2. The van der Waals surface area contributed by atoms with Gasteiger partial charge in [-0.2, -0.15) is 5.10 Å². The van der Waals surface area contributed by atoms with E-state index in [1.807, 2.05) is 0 Å². The van der Waals surface area contributed by atoms with Gasteiger partial charge in [-0.05, 0) is 42.0 Å². The second-order valence-electron chi connectivity index (χ2n) is 5.47. The van der Waals surface area contributed by atoms with Gasteiger partial charge >= 0.3 is 0 Å².